The van der Waals surface area contributed by atoms with Gasteiger partial charge in [0.05, 0.1) is 32.5 Å². The van der Waals surface area contributed by atoms with Crippen LogP contribution in [0.1, 0.15) is 11.6 Å². The van der Waals surface area contributed by atoms with Gasteiger partial charge in [0.15, 0.2) is 0 Å². The van der Waals surface area contributed by atoms with Gasteiger partial charge < -0.3 is 19.5 Å². The fraction of sp³-hybridized carbons (Fsp3) is 0.571. The molecule has 1 aromatic rings. The lowest BCUT2D eigenvalue weighted by Gasteiger charge is -2.18. The zero-order valence-electron chi connectivity index (χ0n) is 11.2. The van der Waals surface area contributed by atoms with E-state index in [1.54, 1.807) is 14.2 Å². The van der Waals surface area contributed by atoms with Gasteiger partial charge in [-0.2, -0.15) is 0 Å². The Labute approximate surface area is 109 Å². The second-order valence-electron chi connectivity index (χ2n) is 3.98. The van der Waals surface area contributed by atoms with Crippen molar-refractivity contribution in [3.8, 4) is 0 Å². The van der Waals surface area contributed by atoms with E-state index in [1.165, 1.54) is 5.56 Å². The molecule has 0 bridgehead atoms. The maximum atomic E-state index is 5.41. The maximum absolute atomic E-state index is 5.41. The molecule has 18 heavy (non-hydrogen) atoms. The largest absolute Gasteiger partial charge is 0.383 e. The lowest BCUT2D eigenvalue weighted by Crippen LogP contribution is -2.28. The molecule has 0 aliphatic carbocycles. The van der Waals surface area contributed by atoms with Crippen LogP contribution >= 0.6 is 0 Å². The monoisotopic (exact) mass is 253 g/mol. The number of benzene rings is 1. The van der Waals surface area contributed by atoms with E-state index in [-0.39, 0.29) is 6.04 Å². The number of rotatable bonds is 10. The van der Waals surface area contributed by atoms with Crippen molar-refractivity contribution >= 4 is 0 Å². The van der Waals surface area contributed by atoms with Crippen molar-refractivity contribution in [3.63, 3.8) is 0 Å². The van der Waals surface area contributed by atoms with Crippen molar-refractivity contribution in [2.24, 2.45) is 0 Å². The Kier molecular flexibility index (Phi) is 8.42. The minimum Gasteiger partial charge on any atom is -0.383 e. The lowest BCUT2D eigenvalue weighted by molar-refractivity contribution is 0.0691. The normalized spacial score (nSPS) is 12.6. The summed E-state index contributed by atoms with van der Waals surface area (Å²) in [6.07, 6.45) is 0. The van der Waals surface area contributed by atoms with Gasteiger partial charge in [-0.3, -0.25) is 0 Å². The molecule has 1 atom stereocenters. The van der Waals surface area contributed by atoms with Gasteiger partial charge in [-0.25, -0.2) is 0 Å². The molecule has 1 N–H and O–H groups in total. The summed E-state index contributed by atoms with van der Waals surface area (Å²) in [5.41, 5.74) is 1.23. The van der Waals surface area contributed by atoms with E-state index in [9.17, 15) is 0 Å². The topological polar surface area (TPSA) is 39.7 Å². The average Bonchev–Trinajstić information content (AvgIpc) is 2.42. The summed E-state index contributed by atoms with van der Waals surface area (Å²) < 4.78 is 15.6. The minimum absolute atomic E-state index is 0.210. The van der Waals surface area contributed by atoms with Crippen molar-refractivity contribution in [1.82, 2.24) is 5.32 Å². The van der Waals surface area contributed by atoms with Gasteiger partial charge in [-0.05, 0) is 5.56 Å². The van der Waals surface area contributed by atoms with E-state index in [0.29, 0.717) is 26.4 Å². The van der Waals surface area contributed by atoms with Gasteiger partial charge >= 0.3 is 0 Å². The number of nitrogens with one attached hydrogen (secondary N) is 1. The van der Waals surface area contributed by atoms with Crippen LogP contribution in [0.4, 0.5) is 0 Å². The molecular weight excluding hydrogens is 230 g/mol. The second kappa shape index (κ2) is 10.0. The molecule has 0 saturated carbocycles. The summed E-state index contributed by atoms with van der Waals surface area (Å²) in [6, 6.07) is 10.5. The van der Waals surface area contributed by atoms with Gasteiger partial charge in [0, 0.05) is 20.8 Å². The molecule has 0 fully saturated rings. The zero-order valence-corrected chi connectivity index (χ0v) is 11.2. The first kappa shape index (κ1) is 15.1. The highest BCUT2D eigenvalue weighted by molar-refractivity contribution is 5.18. The molecule has 0 aliphatic rings. The highest BCUT2D eigenvalue weighted by Crippen LogP contribution is 2.12. The number of hydrogen-bond acceptors (Lipinski definition) is 4. The summed E-state index contributed by atoms with van der Waals surface area (Å²) in [4.78, 5) is 0. The first-order chi connectivity index (χ1) is 8.88. The van der Waals surface area contributed by atoms with Gasteiger partial charge in [0.1, 0.15) is 0 Å². The molecule has 0 aromatic heterocycles. The van der Waals surface area contributed by atoms with Gasteiger partial charge in [-0.15, -0.1) is 0 Å². The fourth-order valence-corrected chi connectivity index (χ4v) is 1.67. The molecule has 1 unspecified atom stereocenters. The summed E-state index contributed by atoms with van der Waals surface area (Å²) >= 11 is 0. The molecule has 102 valence electrons. The molecule has 0 saturated heterocycles. The molecule has 0 radical (unpaired) electrons. The van der Waals surface area contributed by atoms with Crippen molar-refractivity contribution in [1.29, 1.82) is 0 Å². The third-order valence-corrected chi connectivity index (χ3v) is 2.60. The average molecular weight is 253 g/mol. The Hall–Kier alpha value is -0.940. The van der Waals surface area contributed by atoms with E-state index in [0.717, 1.165) is 6.54 Å². The third kappa shape index (κ3) is 6.12. The van der Waals surface area contributed by atoms with Crippen molar-refractivity contribution in [3.05, 3.63) is 35.9 Å². The Morgan fingerprint density at radius 3 is 2.44 bits per heavy atom. The first-order valence-electron chi connectivity index (χ1n) is 6.22. The first-order valence-corrected chi connectivity index (χ1v) is 6.22. The van der Waals surface area contributed by atoms with Crippen molar-refractivity contribution < 1.29 is 14.2 Å². The molecule has 4 nitrogen and oxygen atoms in total. The lowest BCUT2D eigenvalue weighted by atomic mass is 10.1. The molecule has 0 heterocycles. The Balaban J connectivity index is 2.26. The van der Waals surface area contributed by atoms with Gasteiger partial charge in [0.2, 0.25) is 0 Å². The highest BCUT2D eigenvalue weighted by atomic mass is 16.5. The van der Waals surface area contributed by atoms with Crippen LogP contribution < -0.4 is 5.32 Å². The molecule has 0 aliphatic heterocycles. The Morgan fingerprint density at radius 2 is 1.78 bits per heavy atom. The van der Waals surface area contributed by atoms with E-state index < -0.39 is 0 Å². The van der Waals surface area contributed by atoms with Crippen molar-refractivity contribution in [2.75, 3.05) is 47.2 Å². The third-order valence-electron chi connectivity index (χ3n) is 2.60. The Morgan fingerprint density at radius 1 is 1.00 bits per heavy atom. The Bertz CT molecular complexity index is 292. The maximum Gasteiger partial charge on any atom is 0.0700 e. The van der Waals surface area contributed by atoms with Crippen LogP contribution in [0.5, 0.6) is 0 Å². The van der Waals surface area contributed by atoms with Crippen LogP contribution in [-0.4, -0.2) is 47.2 Å². The van der Waals surface area contributed by atoms with Crippen LogP contribution in [0.3, 0.4) is 0 Å². The quantitative estimate of drug-likeness (QED) is 0.643. The van der Waals surface area contributed by atoms with Gasteiger partial charge in [-0.1, -0.05) is 30.3 Å². The molecular formula is C14H23NO3. The molecule has 4 heteroatoms. The highest BCUT2D eigenvalue weighted by Gasteiger charge is 2.09. The van der Waals surface area contributed by atoms with Crippen LogP contribution in [0, 0.1) is 0 Å². The van der Waals surface area contributed by atoms with E-state index in [1.807, 2.05) is 18.2 Å². The molecule has 1 aromatic carbocycles. The summed E-state index contributed by atoms with van der Waals surface area (Å²) in [5, 5.41) is 3.42. The predicted molar refractivity (Wildman–Crippen MR) is 71.8 cm³/mol. The van der Waals surface area contributed by atoms with Crippen LogP contribution in [0.2, 0.25) is 0 Å². The summed E-state index contributed by atoms with van der Waals surface area (Å²) in [5.74, 6) is 0. The van der Waals surface area contributed by atoms with Gasteiger partial charge in [0.25, 0.3) is 0 Å². The summed E-state index contributed by atoms with van der Waals surface area (Å²) in [6.45, 7) is 3.41. The molecule has 0 amide bonds. The van der Waals surface area contributed by atoms with E-state index in [4.69, 9.17) is 14.2 Å². The van der Waals surface area contributed by atoms with Crippen LogP contribution in [0.25, 0.3) is 0 Å². The minimum atomic E-state index is 0.210. The SMILES string of the molecule is COCCOCCNC(COC)c1ccccc1. The van der Waals surface area contributed by atoms with Crippen molar-refractivity contribution in [2.45, 2.75) is 6.04 Å². The number of hydrogen-bond donors (Lipinski definition) is 1. The zero-order chi connectivity index (χ0) is 13.1. The van der Waals surface area contributed by atoms with E-state index in [2.05, 4.69) is 17.4 Å². The standard InChI is InChI=1S/C14H23NO3/c1-16-10-11-18-9-8-15-14(12-17-2)13-6-4-3-5-7-13/h3-7,14-15H,8-12H2,1-2H3. The smallest absolute Gasteiger partial charge is 0.0700 e. The van der Waals surface area contributed by atoms with E-state index >= 15 is 0 Å². The number of methoxy groups -OCH3 is 2. The van der Waals surface area contributed by atoms with Crippen LogP contribution in [-0.2, 0) is 14.2 Å². The molecule has 0 spiro atoms. The molecule has 1 rings (SSSR count). The summed E-state index contributed by atoms with van der Waals surface area (Å²) in [7, 11) is 3.39. The fourth-order valence-electron chi connectivity index (χ4n) is 1.67. The van der Waals surface area contributed by atoms with Crippen LogP contribution in [0.15, 0.2) is 30.3 Å². The number of ether oxygens (including phenoxy) is 3. The second-order valence-corrected chi connectivity index (χ2v) is 3.98. The predicted octanol–water partition coefficient (Wildman–Crippen LogP) is 1.63.